The smallest absolute Gasteiger partial charge is 0.256 e. The quantitative estimate of drug-likeness (QED) is 0.848. The first-order chi connectivity index (χ1) is 13.2. The van der Waals surface area contributed by atoms with Gasteiger partial charge in [-0.2, -0.15) is 4.31 Å². The molecular formula is C21H27N3O3S. The number of piperidine rings is 1. The highest BCUT2D eigenvalue weighted by Crippen LogP contribution is 2.28. The third-order valence-corrected chi connectivity index (χ3v) is 7.42. The third-order valence-electron chi connectivity index (χ3n) is 5.40. The van der Waals surface area contributed by atoms with Gasteiger partial charge in [-0.15, -0.1) is 0 Å². The Bertz CT molecular complexity index is 977. The zero-order valence-corrected chi connectivity index (χ0v) is 17.6. The minimum Gasteiger partial charge on any atom is -0.307 e. The molecule has 6 nitrogen and oxygen atoms in total. The van der Waals surface area contributed by atoms with Crippen LogP contribution in [0.15, 0.2) is 35.4 Å². The summed E-state index contributed by atoms with van der Waals surface area (Å²) in [5, 5.41) is 2.74. The first-order valence-electron chi connectivity index (χ1n) is 9.54. The number of carbonyl (C=O) groups is 1. The molecule has 0 aliphatic carbocycles. The van der Waals surface area contributed by atoms with Crippen molar-refractivity contribution in [1.82, 2.24) is 9.29 Å². The van der Waals surface area contributed by atoms with E-state index in [2.05, 4.69) is 17.2 Å². The molecule has 1 amide bonds. The number of pyridine rings is 1. The molecule has 1 aromatic heterocycles. The fourth-order valence-electron chi connectivity index (χ4n) is 3.32. The highest BCUT2D eigenvalue weighted by Gasteiger charge is 2.30. The Labute approximate surface area is 167 Å². The van der Waals surface area contributed by atoms with Crippen molar-refractivity contribution in [3.63, 3.8) is 0 Å². The summed E-state index contributed by atoms with van der Waals surface area (Å²) < 4.78 is 28.0. The van der Waals surface area contributed by atoms with E-state index in [4.69, 9.17) is 0 Å². The number of hydrogen-bond acceptors (Lipinski definition) is 4. The molecule has 1 aliphatic heterocycles. The summed E-state index contributed by atoms with van der Waals surface area (Å²) in [6.45, 7) is 8.72. The Morgan fingerprint density at radius 2 is 1.82 bits per heavy atom. The molecule has 0 radical (unpaired) electrons. The average molecular weight is 402 g/mol. The Morgan fingerprint density at radius 3 is 2.43 bits per heavy atom. The molecule has 1 aliphatic rings. The molecule has 2 heterocycles. The number of aryl methyl sites for hydroxylation is 2. The Balaban J connectivity index is 1.91. The van der Waals surface area contributed by atoms with Crippen LogP contribution in [0.3, 0.4) is 0 Å². The lowest BCUT2D eigenvalue weighted by Crippen LogP contribution is -2.38. The van der Waals surface area contributed by atoms with Crippen molar-refractivity contribution >= 4 is 21.7 Å². The Hall–Kier alpha value is -2.25. The lowest BCUT2D eigenvalue weighted by Gasteiger charge is -2.30. The van der Waals surface area contributed by atoms with Crippen molar-refractivity contribution in [3.05, 3.63) is 52.7 Å². The maximum atomic E-state index is 13.2. The van der Waals surface area contributed by atoms with Crippen molar-refractivity contribution in [1.29, 1.82) is 0 Å². The number of aromatic nitrogens is 1. The van der Waals surface area contributed by atoms with E-state index in [0.717, 1.165) is 24.0 Å². The summed E-state index contributed by atoms with van der Waals surface area (Å²) in [5.74, 6) is 0.597. The van der Waals surface area contributed by atoms with E-state index in [-0.39, 0.29) is 10.8 Å². The van der Waals surface area contributed by atoms with Gasteiger partial charge in [0, 0.05) is 24.8 Å². The second-order valence-corrected chi connectivity index (χ2v) is 9.58. The van der Waals surface area contributed by atoms with Crippen LogP contribution in [0.5, 0.6) is 0 Å². The second-order valence-electron chi connectivity index (χ2n) is 7.68. The van der Waals surface area contributed by atoms with Gasteiger partial charge in [-0.25, -0.2) is 13.4 Å². The molecule has 1 saturated heterocycles. The van der Waals surface area contributed by atoms with Gasteiger partial charge in [0.25, 0.3) is 5.91 Å². The van der Waals surface area contributed by atoms with Crippen LogP contribution >= 0.6 is 0 Å². The van der Waals surface area contributed by atoms with Gasteiger partial charge < -0.3 is 5.32 Å². The SMILES string of the molecule is Cc1ccc(NC(=O)c2cc(C)c(C)c(S(=O)(=O)N3CCC(C)CC3)c2)nc1. The van der Waals surface area contributed by atoms with E-state index >= 15 is 0 Å². The highest BCUT2D eigenvalue weighted by atomic mass is 32.2. The molecule has 3 rings (SSSR count). The van der Waals surface area contributed by atoms with Crippen molar-refractivity contribution in [2.45, 2.75) is 45.4 Å². The molecule has 1 aromatic carbocycles. The fourth-order valence-corrected chi connectivity index (χ4v) is 5.11. The molecule has 0 atom stereocenters. The normalized spacial score (nSPS) is 16.1. The monoisotopic (exact) mass is 401 g/mol. The van der Waals surface area contributed by atoms with Crippen molar-refractivity contribution in [2.75, 3.05) is 18.4 Å². The molecule has 2 aromatic rings. The number of sulfonamides is 1. The van der Waals surface area contributed by atoms with Gasteiger partial charge in [-0.05, 0) is 74.4 Å². The minimum atomic E-state index is -3.64. The Morgan fingerprint density at radius 1 is 1.14 bits per heavy atom. The van der Waals surface area contributed by atoms with Gasteiger partial charge in [0.05, 0.1) is 4.90 Å². The number of nitrogens with zero attached hydrogens (tertiary/aromatic N) is 2. The van der Waals surface area contributed by atoms with Gasteiger partial charge in [0.1, 0.15) is 5.82 Å². The van der Waals surface area contributed by atoms with E-state index in [1.807, 2.05) is 19.9 Å². The van der Waals surface area contributed by atoms with Crippen molar-refractivity contribution in [3.8, 4) is 0 Å². The van der Waals surface area contributed by atoms with Crippen LogP contribution < -0.4 is 5.32 Å². The van der Waals surface area contributed by atoms with Crippen LogP contribution in [0.25, 0.3) is 0 Å². The van der Waals surface area contributed by atoms with E-state index < -0.39 is 10.0 Å². The molecule has 0 unspecified atom stereocenters. The molecule has 0 bridgehead atoms. The summed E-state index contributed by atoms with van der Waals surface area (Å²) in [6, 6.07) is 6.78. The minimum absolute atomic E-state index is 0.212. The van der Waals surface area contributed by atoms with Crippen LogP contribution in [0.2, 0.25) is 0 Å². The third kappa shape index (κ3) is 4.25. The fraction of sp³-hybridized carbons (Fsp3) is 0.429. The molecule has 0 spiro atoms. The first-order valence-corrected chi connectivity index (χ1v) is 11.0. The maximum absolute atomic E-state index is 13.2. The standard InChI is InChI=1S/C21H27N3O3S/c1-14-7-9-24(10-8-14)28(26,27)19-12-18(11-16(3)17(19)4)21(25)23-20-6-5-15(2)13-22-20/h5-6,11-14H,7-10H2,1-4H3,(H,22,23,25). The van der Waals surface area contributed by atoms with Crippen LogP contribution in [-0.2, 0) is 10.0 Å². The maximum Gasteiger partial charge on any atom is 0.256 e. The molecule has 150 valence electrons. The summed E-state index contributed by atoms with van der Waals surface area (Å²) in [5.41, 5.74) is 2.76. The number of hydrogen-bond donors (Lipinski definition) is 1. The van der Waals surface area contributed by atoms with Gasteiger partial charge in [0.15, 0.2) is 0 Å². The molecule has 0 saturated carbocycles. The number of amides is 1. The largest absolute Gasteiger partial charge is 0.307 e. The first kappa shape index (κ1) is 20.5. The lowest BCUT2D eigenvalue weighted by molar-refractivity contribution is 0.102. The van der Waals surface area contributed by atoms with E-state index in [9.17, 15) is 13.2 Å². The summed E-state index contributed by atoms with van der Waals surface area (Å²) in [4.78, 5) is 17.1. The number of nitrogens with one attached hydrogen (secondary N) is 1. The van der Waals surface area contributed by atoms with Gasteiger partial charge in [-0.1, -0.05) is 13.0 Å². The molecule has 1 fully saturated rings. The van der Waals surface area contributed by atoms with E-state index in [1.165, 1.54) is 10.4 Å². The number of carbonyl (C=O) groups excluding carboxylic acids is 1. The average Bonchev–Trinajstić information content (AvgIpc) is 2.65. The summed E-state index contributed by atoms with van der Waals surface area (Å²) in [6.07, 6.45) is 3.39. The zero-order chi connectivity index (χ0) is 20.5. The van der Waals surface area contributed by atoms with Crippen LogP contribution in [0, 0.1) is 26.7 Å². The van der Waals surface area contributed by atoms with Crippen LogP contribution in [0.4, 0.5) is 5.82 Å². The summed E-state index contributed by atoms with van der Waals surface area (Å²) >= 11 is 0. The van der Waals surface area contributed by atoms with Crippen LogP contribution in [-0.4, -0.2) is 36.7 Å². The highest BCUT2D eigenvalue weighted by molar-refractivity contribution is 7.89. The number of benzene rings is 1. The zero-order valence-electron chi connectivity index (χ0n) is 16.8. The lowest BCUT2D eigenvalue weighted by atomic mass is 10.0. The second kappa shape index (κ2) is 8.01. The van der Waals surface area contributed by atoms with E-state index in [1.54, 1.807) is 25.3 Å². The van der Waals surface area contributed by atoms with Crippen molar-refractivity contribution < 1.29 is 13.2 Å². The topological polar surface area (TPSA) is 79.4 Å². The van der Waals surface area contributed by atoms with Gasteiger partial charge in [0.2, 0.25) is 10.0 Å². The predicted octanol–water partition coefficient (Wildman–Crippen LogP) is 3.68. The molecule has 7 heteroatoms. The molecule has 1 N–H and O–H groups in total. The van der Waals surface area contributed by atoms with Crippen LogP contribution in [0.1, 0.15) is 46.8 Å². The predicted molar refractivity (Wildman–Crippen MR) is 110 cm³/mol. The number of rotatable bonds is 4. The number of anilines is 1. The van der Waals surface area contributed by atoms with E-state index in [0.29, 0.717) is 36.0 Å². The Kier molecular flexibility index (Phi) is 5.86. The van der Waals surface area contributed by atoms with Gasteiger partial charge >= 0.3 is 0 Å². The summed E-state index contributed by atoms with van der Waals surface area (Å²) in [7, 11) is -3.64. The van der Waals surface area contributed by atoms with Crippen molar-refractivity contribution in [2.24, 2.45) is 5.92 Å². The van der Waals surface area contributed by atoms with Gasteiger partial charge in [-0.3, -0.25) is 4.79 Å². The molecule has 28 heavy (non-hydrogen) atoms. The molecular weight excluding hydrogens is 374 g/mol.